The second-order valence-corrected chi connectivity index (χ2v) is 6.35. The first-order valence-electron chi connectivity index (χ1n) is 6.38. The molecule has 1 heterocycles. The van der Waals surface area contributed by atoms with Gasteiger partial charge in [-0.2, -0.15) is 0 Å². The fourth-order valence-electron chi connectivity index (χ4n) is 2.56. The largest absolute Gasteiger partial charge is 0.302 e. The Morgan fingerprint density at radius 3 is 2.39 bits per heavy atom. The van der Waals surface area contributed by atoms with Crippen molar-refractivity contribution in [2.45, 2.75) is 52.4 Å². The van der Waals surface area contributed by atoms with Crippen molar-refractivity contribution in [1.82, 2.24) is 0 Å². The molecule has 0 radical (unpaired) electrons. The first-order valence-corrected chi connectivity index (χ1v) is 6.38. The Hall–Kier alpha value is -1.44. The summed E-state index contributed by atoms with van der Waals surface area (Å²) in [5, 5.41) is 0. The van der Waals surface area contributed by atoms with E-state index >= 15 is 0 Å². The van der Waals surface area contributed by atoms with Gasteiger partial charge < -0.3 is 4.79 Å². The third-order valence-corrected chi connectivity index (χ3v) is 4.20. The summed E-state index contributed by atoms with van der Waals surface area (Å²) in [7, 11) is 0. The fraction of sp³-hybridized carbons (Fsp3) is 0.500. The van der Waals surface area contributed by atoms with E-state index in [0.717, 1.165) is 28.8 Å². The SMILES string of the molecule is CC1=Nc2cc(C)c(C(C)(C)C=O)cc2C1(C)C. The van der Waals surface area contributed by atoms with Crippen molar-refractivity contribution >= 4 is 17.7 Å². The predicted octanol–water partition coefficient (Wildman–Crippen LogP) is 3.86. The van der Waals surface area contributed by atoms with Gasteiger partial charge in [0.1, 0.15) is 6.29 Å². The van der Waals surface area contributed by atoms with E-state index in [1.165, 1.54) is 5.56 Å². The van der Waals surface area contributed by atoms with E-state index in [1.54, 1.807) is 0 Å². The van der Waals surface area contributed by atoms with Gasteiger partial charge in [-0.25, -0.2) is 0 Å². The number of carbonyl (C=O) groups is 1. The molecule has 18 heavy (non-hydrogen) atoms. The minimum Gasteiger partial charge on any atom is -0.302 e. The maximum atomic E-state index is 11.3. The standard InChI is InChI=1S/C16H21NO/c1-10-7-14-13(16(5,6)11(2)17-14)8-12(10)15(3,4)9-18/h7-9H,1-6H3. The monoisotopic (exact) mass is 243 g/mol. The van der Waals surface area contributed by atoms with Gasteiger partial charge in [0, 0.05) is 16.5 Å². The minimum atomic E-state index is -0.439. The molecule has 0 fully saturated rings. The highest BCUT2D eigenvalue weighted by Gasteiger charge is 2.34. The van der Waals surface area contributed by atoms with E-state index in [4.69, 9.17) is 0 Å². The van der Waals surface area contributed by atoms with Crippen LogP contribution in [0.15, 0.2) is 17.1 Å². The Morgan fingerprint density at radius 2 is 1.83 bits per heavy atom. The lowest BCUT2D eigenvalue weighted by atomic mass is 9.77. The highest BCUT2D eigenvalue weighted by molar-refractivity contribution is 5.99. The molecular weight excluding hydrogens is 222 g/mol. The number of hydrogen-bond donors (Lipinski definition) is 0. The smallest absolute Gasteiger partial charge is 0.129 e. The Labute approximate surface area is 109 Å². The summed E-state index contributed by atoms with van der Waals surface area (Å²) in [6.45, 7) is 12.4. The first kappa shape index (κ1) is 13.0. The van der Waals surface area contributed by atoms with Crippen molar-refractivity contribution in [2.75, 3.05) is 0 Å². The van der Waals surface area contributed by atoms with Crippen molar-refractivity contribution in [1.29, 1.82) is 0 Å². The molecule has 0 spiro atoms. The number of aliphatic imine (C=N–C) groups is 1. The van der Waals surface area contributed by atoms with Crippen LogP contribution < -0.4 is 0 Å². The summed E-state index contributed by atoms with van der Waals surface area (Å²) >= 11 is 0. The van der Waals surface area contributed by atoms with Crippen LogP contribution in [0.4, 0.5) is 5.69 Å². The highest BCUT2D eigenvalue weighted by atomic mass is 16.1. The average Bonchev–Trinajstić information content (AvgIpc) is 2.48. The molecule has 0 unspecified atom stereocenters. The number of aryl methyl sites for hydroxylation is 1. The lowest BCUT2D eigenvalue weighted by molar-refractivity contribution is -0.111. The van der Waals surface area contributed by atoms with Crippen LogP contribution >= 0.6 is 0 Å². The van der Waals surface area contributed by atoms with Gasteiger partial charge in [0.15, 0.2) is 0 Å². The van der Waals surface area contributed by atoms with Gasteiger partial charge >= 0.3 is 0 Å². The van der Waals surface area contributed by atoms with E-state index in [1.807, 2.05) is 13.8 Å². The molecule has 1 aromatic rings. The molecule has 0 aromatic heterocycles. The molecule has 0 atom stereocenters. The molecule has 1 aliphatic heterocycles. The van der Waals surface area contributed by atoms with Crippen molar-refractivity contribution in [3.05, 3.63) is 28.8 Å². The number of benzene rings is 1. The number of hydrogen-bond acceptors (Lipinski definition) is 2. The summed E-state index contributed by atoms with van der Waals surface area (Å²) in [4.78, 5) is 15.9. The highest BCUT2D eigenvalue weighted by Crippen LogP contribution is 2.42. The molecule has 96 valence electrons. The van der Waals surface area contributed by atoms with Crippen LogP contribution in [-0.4, -0.2) is 12.0 Å². The second kappa shape index (κ2) is 3.78. The summed E-state index contributed by atoms with van der Waals surface area (Å²) in [6, 6.07) is 4.27. The van der Waals surface area contributed by atoms with Crippen LogP contribution in [0.2, 0.25) is 0 Å². The zero-order valence-corrected chi connectivity index (χ0v) is 12.1. The molecule has 0 bridgehead atoms. The Bertz CT molecular complexity index is 550. The van der Waals surface area contributed by atoms with Crippen molar-refractivity contribution < 1.29 is 4.79 Å². The molecule has 0 amide bonds. The number of rotatable bonds is 2. The van der Waals surface area contributed by atoms with Gasteiger partial charge in [0.05, 0.1) is 5.69 Å². The number of aldehydes is 1. The Kier molecular flexibility index (Phi) is 2.73. The number of carbonyl (C=O) groups excluding carboxylic acids is 1. The molecule has 0 saturated heterocycles. The van der Waals surface area contributed by atoms with Gasteiger partial charge in [0.2, 0.25) is 0 Å². The normalized spacial score (nSPS) is 17.3. The van der Waals surface area contributed by atoms with E-state index in [0.29, 0.717) is 0 Å². The minimum absolute atomic E-state index is 0.0310. The van der Waals surface area contributed by atoms with Crippen LogP contribution in [0.5, 0.6) is 0 Å². The molecular formula is C16H21NO. The van der Waals surface area contributed by atoms with Gasteiger partial charge in [-0.3, -0.25) is 4.99 Å². The van der Waals surface area contributed by atoms with E-state index in [9.17, 15) is 4.79 Å². The van der Waals surface area contributed by atoms with Crippen LogP contribution in [0.1, 0.15) is 51.3 Å². The lowest BCUT2D eigenvalue weighted by Crippen LogP contribution is -2.25. The van der Waals surface area contributed by atoms with Gasteiger partial charge in [0.25, 0.3) is 0 Å². The summed E-state index contributed by atoms with van der Waals surface area (Å²) in [5.41, 5.74) is 5.20. The topological polar surface area (TPSA) is 29.4 Å². The quantitative estimate of drug-likeness (QED) is 0.725. The van der Waals surface area contributed by atoms with Gasteiger partial charge in [-0.1, -0.05) is 19.9 Å². The van der Waals surface area contributed by atoms with E-state index < -0.39 is 5.41 Å². The van der Waals surface area contributed by atoms with Gasteiger partial charge in [-0.15, -0.1) is 0 Å². The third kappa shape index (κ3) is 1.71. The van der Waals surface area contributed by atoms with E-state index in [2.05, 4.69) is 44.8 Å². The number of fused-ring (bicyclic) bond motifs is 1. The zero-order chi connectivity index (χ0) is 13.7. The van der Waals surface area contributed by atoms with Crippen LogP contribution in [-0.2, 0) is 15.6 Å². The van der Waals surface area contributed by atoms with Gasteiger partial charge in [-0.05, 0) is 50.5 Å². The average molecular weight is 243 g/mol. The second-order valence-electron chi connectivity index (χ2n) is 6.35. The van der Waals surface area contributed by atoms with Crippen molar-refractivity contribution in [3.63, 3.8) is 0 Å². The number of nitrogens with zero attached hydrogens (tertiary/aromatic N) is 1. The maximum absolute atomic E-state index is 11.3. The third-order valence-electron chi connectivity index (χ3n) is 4.20. The summed E-state index contributed by atoms with van der Waals surface area (Å²) in [6.07, 6.45) is 1.03. The first-order chi connectivity index (χ1) is 8.20. The molecule has 0 saturated carbocycles. The fourth-order valence-corrected chi connectivity index (χ4v) is 2.56. The maximum Gasteiger partial charge on any atom is 0.129 e. The lowest BCUT2D eigenvalue weighted by Gasteiger charge is -2.25. The molecule has 2 heteroatoms. The predicted molar refractivity (Wildman–Crippen MR) is 76.1 cm³/mol. The molecule has 0 aliphatic carbocycles. The molecule has 1 aromatic carbocycles. The summed E-state index contributed by atoms with van der Waals surface area (Å²) in [5.74, 6) is 0. The van der Waals surface area contributed by atoms with E-state index in [-0.39, 0.29) is 5.41 Å². The molecule has 2 rings (SSSR count). The zero-order valence-electron chi connectivity index (χ0n) is 12.1. The Morgan fingerprint density at radius 1 is 1.22 bits per heavy atom. The molecule has 2 nitrogen and oxygen atoms in total. The van der Waals surface area contributed by atoms with Crippen LogP contribution in [0.3, 0.4) is 0 Å². The van der Waals surface area contributed by atoms with Crippen LogP contribution in [0, 0.1) is 6.92 Å². The van der Waals surface area contributed by atoms with Crippen LogP contribution in [0.25, 0.3) is 0 Å². The molecule has 1 aliphatic rings. The van der Waals surface area contributed by atoms with Crippen molar-refractivity contribution in [3.8, 4) is 0 Å². The van der Waals surface area contributed by atoms with Crippen molar-refractivity contribution in [2.24, 2.45) is 4.99 Å². The summed E-state index contributed by atoms with van der Waals surface area (Å²) < 4.78 is 0. The molecule has 0 N–H and O–H groups in total. The Balaban J connectivity index is 2.67.